The van der Waals surface area contributed by atoms with E-state index in [4.69, 9.17) is 9.47 Å². The van der Waals surface area contributed by atoms with Gasteiger partial charge in [-0.1, -0.05) is 30.3 Å². The summed E-state index contributed by atoms with van der Waals surface area (Å²) in [5.74, 6) is 0.233. The summed E-state index contributed by atoms with van der Waals surface area (Å²) in [5.41, 5.74) is -0.919. The van der Waals surface area contributed by atoms with E-state index in [-0.39, 0.29) is 18.6 Å². The number of hydrogen-bond acceptors (Lipinski definition) is 5. The Labute approximate surface area is 171 Å². The second-order valence-corrected chi connectivity index (χ2v) is 6.40. The summed E-state index contributed by atoms with van der Waals surface area (Å²) in [6, 6.07) is 12.8. The number of nitrogens with zero attached hydrogens (tertiary/aromatic N) is 3. The zero-order valence-corrected chi connectivity index (χ0v) is 16.0. The van der Waals surface area contributed by atoms with Crippen LogP contribution < -0.4 is 4.74 Å². The Kier molecular flexibility index (Phi) is 7.18. The zero-order chi connectivity index (χ0) is 21.4. The van der Waals surface area contributed by atoms with E-state index in [2.05, 4.69) is 10.1 Å². The highest BCUT2D eigenvalue weighted by Crippen LogP contribution is 2.30. The monoisotopic (exact) mass is 419 g/mol. The molecule has 0 bridgehead atoms. The lowest BCUT2D eigenvalue weighted by Gasteiger charge is -2.17. The molecule has 3 aromatic rings. The molecule has 3 rings (SSSR count). The van der Waals surface area contributed by atoms with Crippen molar-refractivity contribution in [3.8, 4) is 5.75 Å². The van der Waals surface area contributed by atoms with Crippen LogP contribution in [0.3, 0.4) is 0 Å². The first-order valence-electron chi connectivity index (χ1n) is 9.26. The number of aromatic nitrogens is 3. The van der Waals surface area contributed by atoms with Gasteiger partial charge in [0.2, 0.25) is 0 Å². The highest BCUT2D eigenvalue weighted by atomic mass is 19.4. The molecule has 1 aromatic heterocycles. The van der Waals surface area contributed by atoms with E-state index in [1.807, 2.05) is 30.3 Å². The number of ketones is 1. The maximum atomic E-state index is 13.0. The van der Waals surface area contributed by atoms with Crippen molar-refractivity contribution >= 4 is 5.78 Å². The molecule has 0 fully saturated rings. The minimum atomic E-state index is -4.53. The quantitative estimate of drug-likeness (QED) is 0.364. The Bertz CT molecular complexity index is 931. The third-order valence-electron chi connectivity index (χ3n) is 4.31. The smallest absolute Gasteiger partial charge is 0.416 e. The van der Waals surface area contributed by atoms with Gasteiger partial charge in [-0.25, -0.2) is 9.67 Å². The molecule has 0 saturated heterocycles. The number of halogens is 3. The predicted octanol–water partition coefficient (Wildman–Crippen LogP) is 4.21. The van der Waals surface area contributed by atoms with Gasteiger partial charge in [-0.05, 0) is 24.3 Å². The van der Waals surface area contributed by atoms with Crippen molar-refractivity contribution in [1.29, 1.82) is 0 Å². The molecular formula is C21H20F3N3O3. The molecule has 0 N–H and O–H groups in total. The Morgan fingerprint density at radius 2 is 1.83 bits per heavy atom. The predicted molar refractivity (Wildman–Crippen MR) is 102 cm³/mol. The van der Waals surface area contributed by atoms with Crippen molar-refractivity contribution in [2.75, 3.05) is 19.8 Å². The maximum Gasteiger partial charge on any atom is 0.416 e. The Morgan fingerprint density at radius 3 is 2.53 bits per heavy atom. The van der Waals surface area contributed by atoms with Gasteiger partial charge in [-0.2, -0.15) is 18.3 Å². The minimum Gasteiger partial charge on any atom is -0.491 e. The van der Waals surface area contributed by atoms with Gasteiger partial charge in [0, 0.05) is 18.6 Å². The second-order valence-electron chi connectivity index (χ2n) is 6.40. The van der Waals surface area contributed by atoms with Crippen molar-refractivity contribution in [1.82, 2.24) is 14.8 Å². The van der Waals surface area contributed by atoms with E-state index in [0.29, 0.717) is 13.2 Å². The lowest BCUT2D eigenvalue weighted by Crippen LogP contribution is -2.23. The number of rotatable bonds is 10. The number of benzene rings is 2. The first-order chi connectivity index (χ1) is 14.4. The van der Waals surface area contributed by atoms with Gasteiger partial charge in [-0.15, -0.1) is 0 Å². The molecule has 30 heavy (non-hydrogen) atoms. The molecule has 1 unspecified atom stereocenters. The molecule has 0 amide bonds. The molecule has 0 radical (unpaired) electrons. The maximum absolute atomic E-state index is 13.0. The Balaban J connectivity index is 1.58. The van der Waals surface area contributed by atoms with Crippen LogP contribution in [-0.2, 0) is 10.9 Å². The summed E-state index contributed by atoms with van der Waals surface area (Å²) < 4.78 is 51.3. The third kappa shape index (κ3) is 5.90. The van der Waals surface area contributed by atoms with Crippen LogP contribution in [0.4, 0.5) is 13.2 Å². The van der Waals surface area contributed by atoms with Crippen molar-refractivity contribution < 1.29 is 27.4 Å². The van der Waals surface area contributed by atoms with Crippen molar-refractivity contribution in [3.63, 3.8) is 0 Å². The van der Waals surface area contributed by atoms with Crippen LogP contribution in [0.5, 0.6) is 5.75 Å². The second kappa shape index (κ2) is 10.0. The fraction of sp³-hybridized carbons (Fsp3) is 0.286. The normalized spacial score (nSPS) is 12.5. The molecule has 158 valence electrons. The van der Waals surface area contributed by atoms with Gasteiger partial charge in [0.05, 0.1) is 12.2 Å². The molecule has 0 aliphatic carbocycles. The summed E-state index contributed by atoms with van der Waals surface area (Å²) in [6.45, 7) is 0.837. The molecule has 0 aliphatic rings. The molecule has 1 heterocycles. The highest BCUT2D eigenvalue weighted by Gasteiger charge is 2.32. The first kappa shape index (κ1) is 21.5. The van der Waals surface area contributed by atoms with Crippen LogP contribution >= 0.6 is 0 Å². The molecule has 9 heteroatoms. The number of ether oxygens (including phenoxy) is 2. The van der Waals surface area contributed by atoms with Crippen molar-refractivity contribution in [2.24, 2.45) is 0 Å². The number of alkyl halides is 3. The van der Waals surface area contributed by atoms with Crippen LogP contribution in [-0.4, -0.2) is 40.4 Å². The standard InChI is InChI=1S/C21H20F3N3O3/c22-21(23,24)17-6-4-5-16(13-17)20(28)19(27-15-25-14-26-27)9-10-29-11-12-30-18-7-2-1-3-8-18/h1-8,13-15,19H,9-12H2. The lowest BCUT2D eigenvalue weighted by molar-refractivity contribution is -0.137. The molecule has 2 aromatic carbocycles. The number of hydrogen-bond donors (Lipinski definition) is 0. The summed E-state index contributed by atoms with van der Waals surface area (Å²) in [7, 11) is 0. The SMILES string of the molecule is O=C(c1cccc(C(F)(F)F)c1)C(CCOCCOc1ccccc1)n1cncn1. The average Bonchev–Trinajstić information content (AvgIpc) is 3.27. The summed E-state index contributed by atoms with van der Waals surface area (Å²) in [5, 5.41) is 3.97. The van der Waals surface area contributed by atoms with E-state index in [0.717, 1.165) is 17.9 Å². The average molecular weight is 419 g/mol. The van der Waals surface area contributed by atoms with E-state index in [1.54, 1.807) is 0 Å². The van der Waals surface area contributed by atoms with Crippen LogP contribution in [0.15, 0.2) is 67.3 Å². The number of Topliss-reactive ketones (excluding diaryl/α,β-unsaturated/α-hetero) is 1. The van der Waals surface area contributed by atoms with Gasteiger partial charge in [-0.3, -0.25) is 4.79 Å². The van der Waals surface area contributed by atoms with Gasteiger partial charge in [0.25, 0.3) is 0 Å². The van der Waals surface area contributed by atoms with Crippen LogP contribution in [0, 0.1) is 0 Å². The molecule has 0 saturated carbocycles. The van der Waals surface area contributed by atoms with Crippen LogP contribution in [0.25, 0.3) is 0 Å². The molecular weight excluding hydrogens is 399 g/mol. The van der Waals surface area contributed by atoms with E-state index in [9.17, 15) is 18.0 Å². The van der Waals surface area contributed by atoms with Crippen molar-refractivity contribution in [3.05, 3.63) is 78.4 Å². The molecule has 0 spiro atoms. The highest BCUT2D eigenvalue weighted by molar-refractivity contribution is 5.99. The minimum absolute atomic E-state index is 0.0438. The summed E-state index contributed by atoms with van der Waals surface area (Å²) in [6.07, 6.45) is -1.68. The fourth-order valence-corrected chi connectivity index (χ4v) is 2.84. The number of carbonyl (C=O) groups excluding carboxylic acids is 1. The van der Waals surface area contributed by atoms with Gasteiger partial charge < -0.3 is 9.47 Å². The van der Waals surface area contributed by atoms with Gasteiger partial charge >= 0.3 is 6.18 Å². The molecule has 1 atom stereocenters. The first-order valence-corrected chi connectivity index (χ1v) is 9.26. The Hall–Kier alpha value is -3.20. The van der Waals surface area contributed by atoms with Crippen LogP contribution in [0.2, 0.25) is 0 Å². The fourth-order valence-electron chi connectivity index (χ4n) is 2.84. The van der Waals surface area contributed by atoms with E-state index >= 15 is 0 Å². The van der Waals surface area contributed by atoms with Crippen LogP contribution in [0.1, 0.15) is 28.4 Å². The van der Waals surface area contributed by atoms with E-state index < -0.39 is 23.6 Å². The lowest BCUT2D eigenvalue weighted by atomic mass is 10.00. The largest absolute Gasteiger partial charge is 0.491 e. The third-order valence-corrected chi connectivity index (χ3v) is 4.31. The van der Waals surface area contributed by atoms with Crippen molar-refractivity contribution in [2.45, 2.75) is 18.6 Å². The summed E-state index contributed by atoms with van der Waals surface area (Å²) >= 11 is 0. The number of para-hydroxylation sites is 1. The van der Waals surface area contributed by atoms with E-state index in [1.165, 1.54) is 29.5 Å². The summed E-state index contributed by atoms with van der Waals surface area (Å²) in [4.78, 5) is 16.7. The van der Waals surface area contributed by atoms with Gasteiger partial charge in [0.1, 0.15) is 31.1 Å². The molecule has 6 nitrogen and oxygen atoms in total. The number of carbonyl (C=O) groups is 1. The topological polar surface area (TPSA) is 66.2 Å². The Morgan fingerprint density at radius 1 is 1.03 bits per heavy atom. The van der Waals surface area contributed by atoms with Gasteiger partial charge in [0.15, 0.2) is 5.78 Å². The zero-order valence-electron chi connectivity index (χ0n) is 16.0. The molecule has 0 aliphatic heterocycles.